The normalized spacial score (nSPS) is 10.4. The molecule has 0 atom stereocenters. The number of hydrogen-bond donors (Lipinski definition) is 1. The van der Waals surface area contributed by atoms with Gasteiger partial charge in [-0.3, -0.25) is 4.79 Å². The molecule has 3 aromatic carbocycles. The lowest BCUT2D eigenvalue weighted by Crippen LogP contribution is -2.27. The fourth-order valence-electron chi connectivity index (χ4n) is 2.35. The van der Waals surface area contributed by atoms with Gasteiger partial charge in [-0.15, -0.1) is 0 Å². The number of rotatable bonds is 5. The van der Waals surface area contributed by atoms with E-state index in [0.29, 0.717) is 18.6 Å². The number of carbonyl (C=O) groups excluding carboxylic acids is 1. The van der Waals surface area contributed by atoms with Crippen LogP contribution in [0.3, 0.4) is 0 Å². The second kappa shape index (κ2) is 6.76. The van der Waals surface area contributed by atoms with Crippen molar-refractivity contribution in [3.8, 4) is 5.75 Å². The average Bonchev–Trinajstić information content (AvgIpc) is 2.59. The maximum Gasteiger partial charge on any atom is 0.252 e. The summed E-state index contributed by atoms with van der Waals surface area (Å²) >= 11 is 0. The summed E-state index contributed by atoms with van der Waals surface area (Å²) in [5.41, 5.74) is 3.66. The topological polar surface area (TPSA) is 38.3 Å². The van der Waals surface area contributed by atoms with Gasteiger partial charge < -0.3 is 4.84 Å². The third kappa shape index (κ3) is 3.44. The molecule has 0 aliphatic carbocycles. The first-order valence-corrected chi connectivity index (χ1v) is 7.30. The van der Waals surface area contributed by atoms with E-state index in [-0.39, 0.29) is 5.91 Å². The predicted octanol–water partition coefficient (Wildman–Crippen LogP) is 3.88. The van der Waals surface area contributed by atoms with Crippen molar-refractivity contribution in [1.82, 2.24) is 5.48 Å². The molecular formula is C19H17NO2. The Morgan fingerprint density at radius 2 is 1.59 bits per heavy atom. The van der Waals surface area contributed by atoms with Gasteiger partial charge in [0.05, 0.1) is 0 Å². The minimum Gasteiger partial charge on any atom is -0.379 e. The zero-order valence-corrected chi connectivity index (χ0v) is 12.2. The molecule has 0 spiro atoms. The van der Waals surface area contributed by atoms with Gasteiger partial charge in [-0.2, -0.15) is 5.48 Å². The van der Waals surface area contributed by atoms with E-state index in [0.717, 1.165) is 16.3 Å². The van der Waals surface area contributed by atoms with Gasteiger partial charge >= 0.3 is 0 Å². The number of carbonyl (C=O) groups is 1. The zero-order valence-electron chi connectivity index (χ0n) is 12.2. The molecule has 110 valence electrons. The van der Waals surface area contributed by atoms with Crippen LogP contribution in [-0.2, 0) is 11.2 Å². The second-order valence-electron chi connectivity index (χ2n) is 5.09. The summed E-state index contributed by atoms with van der Waals surface area (Å²) in [5.74, 6) is 0.531. The van der Waals surface area contributed by atoms with Crippen LogP contribution >= 0.6 is 0 Å². The average molecular weight is 291 g/mol. The van der Waals surface area contributed by atoms with Gasteiger partial charge in [-0.05, 0) is 23.4 Å². The van der Waals surface area contributed by atoms with Gasteiger partial charge in [0.2, 0.25) is 0 Å². The summed E-state index contributed by atoms with van der Waals surface area (Å²) in [4.78, 5) is 17.4. The highest BCUT2D eigenvalue weighted by Gasteiger charge is 2.05. The summed E-state index contributed by atoms with van der Waals surface area (Å²) < 4.78 is 0. The van der Waals surface area contributed by atoms with Gasteiger partial charge in [-0.1, -0.05) is 66.7 Å². The first-order valence-electron chi connectivity index (χ1n) is 7.30. The van der Waals surface area contributed by atoms with Crippen LogP contribution in [0.2, 0.25) is 0 Å². The maximum absolute atomic E-state index is 11.9. The molecule has 0 aromatic heterocycles. The van der Waals surface area contributed by atoms with E-state index in [4.69, 9.17) is 4.84 Å². The van der Waals surface area contributed by atoms with E-state index >= 15 is 0 Å². The Hall–Kier alpha value is -2.81. The summed E-state index contributed by atoms with van der Waals surface area (Å²) in [6.07, 6.45) is 1.10. The molecule has 0 bridgehead atoms. The molecule has 0 unspecified atom stereocenters. The number of aryl methyl sites for hydroxylation is 1. The highest BCUT2D eigenvalue weighted by molar-refractivity contribution is 5.88. The molecule has 3 rings (SSSR count). The molecule has 1 amide bonds. The van der Waals surface area contributed by atoms with Gasteiger partial charge in [0.15, 0.2) is 5.75 Å². The number of fused-ring (bicyclic) bond motifs is 1. The van der Waals surface area contributed by atoms with Crippen LogP contribution in [0.15, 0.2) is 72.8 Å². The summed E-state index contributed by atoms with van der Waals surface area (Å²) in [6, 6.07) is 23.6. The summed E-state index contributed by atoms with van der Waals surface area (Å²) in [6.45, 7) is 0. The van der Waals surface area contributed by atoms with Crippen molar-refractivity contribution in [3.05, 3.63) is 78.4 Å². The van der Waals surface area contributed by atoms with Crippen molar-refractivity contribution in [2.24, 2.45) is 0 Å². The van der Waals surface area contributed by atoms with Crippen molar-refractivity contribution >= 4 is 16.7 Å². The maximum atomic E-state index is 11.9. The van der Waals surface area contributed by atoms with Gasteiger partial charge in [-0.25, -0.2) is 0 Å². The Morgan fingerprint density at radius 1 is 0.864 bits per heavy atom. The Balaban J connectivity index is 1.58. The number of hydroxylamine groups is 1. The highest BCUT2D eigenvalue weighted by atomic mass is 16.7. The van der Waals surface area contributed by atoms with E-state index in [1.165, 1.54) is 0 Å². The zero-order chi connectivity index (χ0) is 15.2. The lowest BCUT2D eigenvalue weighted by molar-refractivity contribution is -0.127. The van der Waals surface area contributed by atoms with Crippen molar-refractivity contribution in [1.29, 1.82) is 0 Å². The molecule has 0 fully saturated rings. The molecule has 3 aromatic rings. The van der Waals surface area contributed by atoms with Crippen LogP contribution in [0.1, 0.15) is 12.0 Å². The molecule has 0 aliphatic rings. The number of benzene rings is 3. The van der Waals surface area contributed by atoms with Crippen LogP contribution in [0, 0.1) is 0 Å². The van der Waals surface area contributed by atoms with Gasteiger partial charge in [0.1, 0.15) is 0 Å². The second-order valence-corrected chi connectivity index (χ2v) is 5.09. The fraction of sp³-hybridized carbons (Fsp3) is 0.105. The Labute approximate surface area is 129 Å². The molecular weight excluding hydrogens is 274 g/mol. The lowest BCUT2D eigenvalue weighted by Gasteiger charge is -2.09. The van der Waals surface area contributed by atoms with Crippen LogP contribution < -0.4 is 10.3 Å². The monoisotopic (exact) mass is 291 g/mol. The highest BCUT2D eigenvalue weighted by Crippen LogP contribution is 2.24. The summed E-state index contributed by atoms with van der Waals surface area (Å²) in [5, 5.41) is 2.06. The molecule has 1 N–H and O–H groups in total. The Kier molecular flexibility index (Phi) is 4.35. The smallest absolute Gasteiger partial charge is 0.252 e. The largest absolute Gasteiger partial charge is 0.379 e. The van der Waals surface area contributed by atoms with Gasteiger partial charge in [0.25, 0.3) is 5.91 Å². The Morgan fingerprint density at radius 3 is 2.45 bits per heavy atom. The van der Waals surface area contributed by atoms with E-state index < -0.39 is 0 Å². The first kappa shape index (κ1) is 14.1. The first-order chi connectivity index (χ1) is 10.8. The molecule has 0 saturated carbocycles. The van der Waals surface area contributed by atoms with Crippen LogP contribution in [0.25, 0.3) is 10.8 Å². The van der Waals surface area contributed by atoms with Crippen molar-refractivity contribution in [2.75, 3.05) is 0 Å². The van der Waals surface area contributed by atoms with E-state index in [1.807, 2.05) is 72.8 Å². The predicted molar refractivity (Wildman–Crippen MR) is 87.5 cm³/mol. The standard InChI is InChI=1S/C19H17NO2/c21-19(14-13-15-7-2-1-3-8-15)20-22-18-12-6-10-16-9-4-5-11-17(16)18/h1-12H,13-14H2,(H,20,21). The third-order valence-corrected chi connectivity index (χ3v) is 3.51. The molecule has 3 nitrogen and oxygen atoms in total. The van der Waals surface area contributed by atoms with E-state index in [2.05, 4.69) is 5.48 Å². The molecule has 22 heavy (non-hydrogen) atoms. The van der Waals surface area contributed by atoms with Crippen molar-refractivity contribution in [2.45, 2.75) is 12.8 Å². The molecule has 0 saturated heterocycles. The van der Waals surface area contributed by atoms with E-state index in [9.17, 15) is 4.79 Å². The third-order valence-electron chi connectivity index (χ3n) is 3.51. The number of amides is 1. The minimum absolute atomic E-state index is 0.128. The van der Waals surface area contributed by atoms with Crippen LogP contribution in [0.4, 0.5) is 0 Å². The van der Waals surface area contributed by atoms with Crippen molar-refractivity contribution in [3.63, 3.8) is 0 Å². The fourth-order valence-corrected chi connectivity index (χ4v) is 2.35. The van der Waals surface area contributed by atoms with Gasteiger partial charge in [0, 0.05) is 11.8 Å². The SMILES string of the molecule is O=C(CCc1ccccc1)NOc1cccc2ccccc12. The summed E-state index contributed by atoms with van der Waals surface area (Å²) in [7, 11) is 0. The molecule has 3 heteroatoms. The molecule has 0 heterocycles. The van der Waals surface area contributed by atoms with Crippen molar-refractivity contribution < 1.29 is 9.63 Å². The van der Waals surface area contributed by atoms with Crippen LogP contribution in [0.5, 0.6) is 5.75 Å². The number of hydrogen-bond acceptors (Lipinski definition) is 2. The molecule has 0 aliphatic heterocycles. The molecule has 0 radical (unpaired) electrons. The van der Waals surface area contributed by atoms with Crippen LogP contribution in [-0.4, -0.2) is 5.91 Å². The quantitative estimate of drug-likeness (QED) is 0.724. The lowest BCUT2D eigenvalue weighted by atomic mass is 10.1. The number of nitrogens with one attached hydrogen (secondary N) is 1. The Bertz CT molecular complexity index is 763. The van der Waals surface area contributed by atoms with E-state index in [1.54, 1.807) is 0 Å². The minimum atomic E-state index is -0.128.